The number of hydrogen-bond donors (Lipinski definition) is 3. The topological polar surface area (TPSA) is 78.4 Å². The van der Waals surface area contributed by atoms with Crippen molar-refractivity contribution in [1.29, 1.82) is 0 Å². The van der Waals surface area contributed by atoms with Crippen molar-refractivity contribution < 1.29 is 14.7 Å². The Hall–Kier alpha value is -1.75. The van der Waals surface area contributed by atoms with Crippen LogP contribution in [0, 0.1) is 5.92 Å². The third-order valence-electron chi connectivity index (χ3n) is 2.89. The Morgan fingerprint density at radius 2 is 2.00 bits per heavy atom. The van der Waals surface area contributed by atoms with Crippen molar-refractivity contribution in [2.45, 2.75) is 26.3 Å². The van der Waals surface area contributed by atoms with E-state index < -0.39 is 18.0 Å². The number of benzene rings is 1. The van der Waals surface area contributed by atoms with Crippen molar-refractivity contribution >= 4 is 29.3 Å². The van der Waals surface area contributed by atoms with Gasteiger partial charge in [-0.15, -0.1) is 0 Å². The molecule has 104 valence electrons. The maximum atomic E-state index is 11.8. The molecule has 0 fully saturated rings. The SMILES string of the molecule is CC[C@@H](C)[C@@H](NC(=O)Nc1ccccc1Cl)C(=O)O. The highest BCUT2D eigenvalue weighted by Gasteiger charge is 2.25. The van der Waals surface area contributed by atoms with Gasteiger partial charge >= 0.3 is 12.0 Å². The molecule has 0 saturated carbocycles. The number of hydrogen-bond acceptors (Lipinski definition) is 2. The highest BCUT2D eigenvalue weighted by atomic mass is 35.5. The molecule has 0 unspecified atom stereocenters. The van der Waals surface area contributed by atoms with E-state index in [2.05, 4.69) is 10.6 Å². The molecule has 0 radical (unpaired) electrons. The molecule has 0 aromatic heterocycles. The second kappa shape index (κ2) is 6.99. The zero-order valence-electron chi connectivity index (χ0n) is 10.8. The summed E-state index contributed by atoms with van der Waals surface area (Å²) in [6.45, 7) is 3.64. The first-order valence-electron chi connectivity index (χ1n) is 6.00. The van der Waals surface area contributed by atoms with E-state index in [1.807, 2.05) is 6.92 Å². The van der Waals surface area contributed by atoms with Gasteiger partial charge in [0.25, 0.3) is 0 Å². The first kappa shape index (κ1) is 15.3. The van der Waals surface area contributed by atoms with Crippen LogP contribution in [0.3, 0.4) is 0 Å². The quantitative estimate of drug-likeness (QED) is 0.778. The van der Waals surface area contributed by atoms with Crippen LogP contribution in [-0.2, 0) is 4.79 Å². The minimum absolute atomic E-state index is 0.158. The van der Waals surface area contributed by atoms with Crippen LogP contribution in [0.15, 0.2) is 24.3 Å². The fourth-order valence-corrected chi connectivity index (χ4v) is 1.73. The summed E-state index contributed by atoms with van der Waals surface area (Å²) in [5.74, 6) is -1.21. The molecule has 1 aromatic carbocycles. The first-order chi connectivity index (χ1) is 8.95. The molecule has 2 amide bonds. The van der Waals surface area contributed by atoms with Gasteiger partial charge in [0.1, 0.15) is 6.04 Å². The molecule has 1 aromatic rings. The number of halogens is 1. The molecule has 0 spiro atoms. The lowest BCUT2D eigenvalue weighted by Crippen LogP contribution is -2.46. The average Bonchev–Trinajstić information content (AvgIpc) is 2.37. The Morgan fingerprint density at radius 1 is 1.37 bits per heavy atom. The summed E-state index contributed by atoms with van der Waals surface area (Å²) in [5, 5.41) is 14.4. The number of carbonyl (C=O) groups excluding carboxylic acids is 1. The molecular weight excluding hydrogens is 268 g/mol. The van der Waals surface area contributed by atoms with Crippen molar-refractivity contribution in [3.05, 3.63) is 29.3 Å². The Bertz CT molecular complexity index is 465. The van der Waals surface area contributed by atoms with E-state index in [0.29, 0.717) is 17.1 Å². The molecule has 0 aliphatic carbocycles. The Balaban J connectivity index is 2.68. The molecule has 0 bridgehead atoms. The van der Waals surface area contributed by atoms with Gasteiger partial charge in [0, 0.05) is 0 Å². The lowest BCUT2D eigenvalue weighted by atomic mass is 9.99. The largest absolute Gasteiger partial charge is 0.480 e. The lowest BCUT2D eigenvalue weighted by molar-refractivity contribution is -0.140. The minimum Gasteiger partial charge on any atom is -0.480 e. The van der Waals surface area contributed by atoms with Gasteiger partial charge in [-0.25, -0.2) is 9.59 Å². The number of nitrogens with one attached hydrogen (secondary N) is 2. The third-order valence-corrected chi connectivity index (χ3v) is 3.22. The van der Waals surface area contributed by atoms with Crippen molar-refractivity contribution in [1.82, 2.24) is 5.32 Å². The normalized spacial score (nSPS) is 13.4. The average molecular weight is 285 g/mol. The van der Waals surface area contributed by atoms with Crippen LogP contribution in [0.25, 0.3) is 0 Å². The summed E-state index contributed by atoms with van der Waals surface area (Å²) < 4.78 is 0. The van der Waals surface area contributed by atoms with Crippen LogP contribution in [-0.4, -0.2) is 23.1 Å². The summed E-state index contributed by atoms with van der Waals surface area (Å²) in [7, 11) is 0. The number of amides is 2. The van der Waals surface area contributed by atoms with Gasteiger partial charge < -0.3 is 15.7 Å². The monoisotopic (exact) mass is 284 g/mol. The summed E-state index contributed by atoms with van der Waals surface area (Å²) in [5.41, 5.74) is 0.440. The fraction of sp³-hybridized carbons (Fsp3) is 0.385. The zero-order valence-corrected chi connectivity index (χ0v) is 11.6. The molecule has 19 heavy (non-hydrogen) atoms. The summed E-state index contributed by atoms with van der Waals surface area (Å²) in [6.07, 6.45) is 0.656. The van der Waals surface area contributed by atoms with Crippen molar-refractivity contribution in [2.75, 3.05) is 5.32 Å². The molecule has 1 rings (SSSR count). The van der Waals surface area contributed by atoms with E-state index in [1.165, 1.54) is 0 Å². The van der Waals surface area contributed by atoms with E-state index in [1.54, 1.807) is 31.2 Å². The Kier molecular flexibility index (Phi) is 5.63. The van der Waals surface area contributed by atoms with Crippen LogP contribution < -0.4 is 10.6 Å². The van der Waals surface area contributed by atoms with Crippen LogP contribution in [0.1, 0.15) is 20.3 Å². The molecule has 2 atom stereocenters. The maximum absolute atomic E-state index is 11.8. The van der Waals surface area contributed by atoms with Gasteiger partial charge in [0.2, 0.25) is 0 Å². The lowest BCUT2D eigenvalue weighted by Gasteiger charge is -2.20. The second-order valence-electron chi connectivity index (χ2n) is 4.28. The van der Waals surface area contributed by atoms with Crippen LogP contribution >= 0.6 is 11.6 Å². The highest BCUT2D eigenvalue weighted by Crippen LogP contribution is 2.20. The van der Waals surface area contributed by atoms with E-state index in [4.69, 9.17) is 16.7 Å². The number of rotatable bonds is 5. The molecule has 6 heteroatoms. The molecule has 5 nitrogen and oxygen atoms in total. The Morgan fingerprint density at radius 3 is 2.53 bits per heavy atom. The van der Waals surface area contributed by atoms with Crippen LogP contribution in [0.4, 0.5) is 10.5 Å². The van der Waals surface area contributed by atoms with Gasteiger partial charge in [0.05, 0.1) is 10.7 Å². The van der Waals surface area contributed by atoms with E-state index in [-0.39, 0.29) is 5.92 Å². The van der Waals surface area contributed by atoms with E-state index in [9.17, 15) is 9.59 Å². The smallest absolute Gasteiger partial charge is 0.326 e. The van der Waals surface area contributed by atoms with Gasteiger partial charge in [0.15, 0.2) is 0 Å². The van der Waals surface area contributed by atoms with Crippen molar-refractivity contribution in [2.24, 2.45) is 5.92 Å². The van der Waals surface area contributed by atoms with Crippen molar-refractivity contribution in [3.8, 4) is 0 Å². The third kappa shape index (κ3) is 4.44. The minimum atomic E-state index is -1.05. The molecule has 3 N–H and O–H groups in total. The molecule has 0 heterocycles. The molecule has 0 aliphatic heterocycles. The van der Waals surface area contributed by atoms with Gasteiger partial charge in [-0.05, 0) is 18.1 Å². The van der Waals surface area contributed by atoms with Gasteiger partial charge in [-0.3, -0.25) is 0 Å². The molecular formula is C13H17ClN2O3. The van der Waals surface area contributed by atoms with Crippen LogP contribution in [0.2, 0.25) is 5.02 Å². The summed E-state index contributed by atoms with van der Waals surface area (Å²) in [6, 6.07) is 5.24. The predicted molar refractivity (Wildman–Crippen MR) is 74.5 cm³/mol. The number of para-hydroxylation sites is 1. The number of carbonyl (C=O) groups is 2. The summed E-state index contributed by atoms with van der Waals surface area (Å²) in [4.78, 5) is 22.8. The molecule has 0 saturated heterocycles. The van der Waals surface area contributed by atoms with E-state index in [0.717, 1.165) is 0 Å². The number of aliphatic carboxylic acids is 1. The zero-order chi connectivity index (χ0) is 14.4. The van der Waals surface area contributed by atoms with E-state index >= 15 is 0 Å². The van der Waals surface area contributed by atoms with Gasteiger partial charge in [-0.2, -0.15) is 0 Å². The van der Waals surface area contributed by atoms with Crippen LogP contribution in [0.5, 0.6) is 0 Å². The van der Waals surface area contributed by atoms with Gasteiger partial charge in [-0.1, -0.05) is 44.0 Å². The number of anilines is 1. The Labute approximate surface area is 117 Å². The fourth-order valence-electron chi connectivity index (χ4n) is 1.55. The number of carboxylic acid groups (broad SMARTS) is 1. The highest BCUT2D eigenvalue weighted by molar-refractivity contribution is 6.33. The number of urea groups is 1. The standard InChI is InChI=1S/C13H17ClN2O3/c1-3-8(2)11(12(17)18)16-13(19)15-10-7-5-4-6-9(10)14/h4-8,11H,3H2,1-2H3,(H,17,18)(H2,15,16,19)/t8-,11-/m1/s1. The first-order valence-corrected chi connectivity index (χ1v) is 6.38. The molecule has 0 aliphatic rings. The second-order valence-corrected chi connectivity index (χ2v) is 4.69. The van der Waals surface area contributed by atoms with Crippen molar-refractivity contribution in [3.63, 3.8) is 0 Å². The summed E-state index contributed by atoms with van der Waals surface area (Å²) >= 11 is 5.90. The maximum Gasteiger partial charge on any atom is 0.326 e. The predicted octanol–water partition coefficient (Wildman–Crippen LogP) is 2.96. The number of carboxylic acids is 1.